The van der Waals surface area contributed by atoms with Gasteiger partial charge in [0.25, 0.3) is 0 Å². The Balaban J connectivity index is 1.88. The topological polar surface area (TPSA) is 41.6 Å². The van der Waals surface area contributed by atoms with Crippen LogP contribution in [0.25, 0.3) is 0 Å². The highest BCUT2D eigenvalue weighted by Crippen LogP contribution is 2.24. The molecule has 1 unspecified atom stereocenters. The zero-order valence-electron chi connectivity index (χ0n) is 12.6. The number of hydrogen-bond acceptors (Lipinski definition) is 3. The van der Waals surface area contributed by atoms with Crippen LogP contribution in [0.1, 0.15) is 33.6 Å². The molecule has 1 aromatic rings. The molecule has 1 saturated heterocycles. The lowest BCUT2D eigenvalue weighted by Gasteiger charge is -2.27. The summed E-state index contributed by atoms with van der Waals surface area (Å²) in [6.45, 7) is 7.30. The van der Waals surface area contributed by atoms with E-state index in [1.54, 1.807) is 0 Å². The Hall–Kier alpha value is -1.71. The minimum atomic E-state index is -0.446. The lowest BCUT2D eigenvalue weighted by Crippen LogP contribution is -2.42. The van der Waals surface area contributed by atoms with Crippen molar-refractivity contribution in [2.45, 2.75) is 45.3 Å². The molecule has 1 amide bonds. The van der Waals surface area contributed by atoms with Gasteiger partial charge in [0.15, 0.2) is 0 Å². The number of nitrogens with zero attached hydrogens (tertiary/aromatic N) is 1. The number of carbonyl (C=O) groups excluding carboxylic acids is 1. The van der Waals surface area contributed by atoms with Crippen molar-refractivity contribution in [1.29, 1.82) is 0 Å². The number of para-hydroxylation sites is 1. The van der Waals surface area contributed by atoms with Crippen LogP contribution in [-0.2, 0) is 4.74 Å². The van der Waals surface area contributed by atoms with Crippen LogP contribution in [0.5, 0.6) is 0 Å². The largest absolute Gasteiger partial charge is 0.444 e. The molecule has 1 aliphatic rings. The second kappa shape index (κ2) is 6.16. The quantitative estimate of drug-likeness (QED) is 0.922. The van der Waals surface area contributed by atoms with E-state index in [4.69, 9.17) is 4.74 Å². The van der Waals surface area contributed by atoms with Crippen molar-refractivity contribution in [3.63, 3.8) is 0 Å². The number of nitrogens with one attached hydrogen (secondary N) is 1. The van der Waals surface area contributed by atoms with Crippen molar-refractivity contribution >= 4 is 11.8 Å². The highest BCUT2D eigenvalue weighted by molar-refractivity contribution is 5.67. The molecule has 1 N–H and O–H groups in total. The first-order chi connectivity index (χ1) is 9.46. The van der Waals surface area contributed by atoms with Gasteiger partial charge in [0.2, 0.25) is 0 Å². The van der Waals surface area contributed by atoms with Gasteiger partial charge in [0, 0.05) is 24.8 Å². The molecule has 0 aliphatic carbocycles. The number of hydrogen-bond donors (Lipinski definition) is 1. The van der Waals surface area contributed by atoms with Gasteiger partial charge in [-0.1, -0.05) is 18.2 Å². The molecule has 1 atom stereocenters. The zero-order valence-corrected chi connectivity index (χ0v) is 12.6. The van der Waals surface area contributed by atoms with Crippen molar-refractivity contribution in [3.05, 3.63) is 30.3 Å². The standard InChI is InChI=1S/C16H24N2O2/c1-16(2,3)20-15(19)17-12-14-10-7-11-18(14)13-8-5-4-6-9-13/h4-6,8-9,14H,7,10-12H2,1-3H3,(H,17,19). The average Bonchev–Trinajstić information content (AvgIpc) is 2.83. The van der Waals surface area contributed by atoms with Crippen molar-refractivity contribution < 1.29 is 9.53 Å². The van der Waals surface area contributed by atoms with Crippen LogP contribution in [0, 0.1) is 0 Å². The molecule has 0 radical (unpaired) electrons. The summed E-state index contributed by atoms with van der Waals surface area (Å²) in [6.07, 6.45) is 1.93. The molecule has 110 valence electrons. The molecule has 0 spiro atoms. The molecular formula is C16H24N2O2. The SMILES string of the molecule is CC(C)(C)OC(=O)NCC1CCCN1c1ccccc1. The Morgan fingerprint density at radius 1 is 1.35 bits per heavy atom. The van der Waals surface area contributed by atoms with E-state index in [0.717, 1.165) is 19.4 Å². The highest BCUT2D eigenvalue weighted by atomic mass is 16.6. The fourth-order valence-electron chi connectivity index (χ4n) is 2.52. The maximum atomic E-state index is 11.7. The van der Waals surface area contributed by atoms with Gasteiger partial charge >= 0.3 is 6.09 Å². The predicted molar refractivity (Wildman–Crippen MR) is 81.0 cm³/mol. The number of anilines is 1. The first-order valence-electron chi connectivity index (χ1n) is 7.24. The van der Waals surface area contributed by atoms with Crippen LogP contribution in [0.4, 0.5) is 10.5 Å². The normalized spacial score (nSPS) is 18.9. The first kappa shape index (κ1) is 14.7. The fraction of sp³-hybridized carbons (Fsp3) is 0.562. The predicted octanol–water partition coefficient (Wildman–Crippen LogP) is 3.18. The Morgan fingerprint density at radius 2 is 2.05 bits per heavy atom. The molecule has 0 saturated carbocycles. The molecule has 1 heterocycles. The van der Waals surface area contributed by atoms with Crippen molar-refractivity contribution in [3.8, 4) is 0 Å². The van der Waals surface area contributed by atoms with Crippen LogP contribution in [0.2, 0.25) is 0 Å². The van der Waals surface area contributed by atoms with Crippen molar-refractivity contribution in [2.24, 2.45) is 0 Å². The second-order valence-corrected chi connectivity index (χ2v) is 6.21. The Morgan fingerprint density at radius 3 is 2.70 bits per heavy atom. The number of alkyl carbamates (subject to hydrolysis) is 1. The molecule has 0 aromatic heterocycles. The lowest BCUT2D eigenvalue weighted by atomic mass is 10.2. The molecule has 1 aliphatic heterocycles. The van der Waals surface area contributed by atoms with E-state index in [-0.39, 0.29) is 6.09 Å². The third kappa shape index (κ3) is 4.15. The molecular weight excluding hydrogens is 252 g/mol. The Kier molecular flexibility index (Phi) is 4.53. The number of rotatable bonds is 3. The number of ether oxygens (including phenoxy) is 1. The van der Waals surface area contributed by atoms with Crippen molar-refractivity contribution in [2.75, 3.05) is 18.0 Å². The molecule has 2 rings (SSSR count). The van der Waals surface area contributed by atoms with Gasteiger partial charge in [-0.2, -0.15) is 0 Å². The zero-order chi connectivity index (χ0) is 14.6. The van der Waals surface area contributed by atoms with E-state index in [2.05, 4.69) is 22.3 Å². The number of benzene rings is 1. The van der Waals surface area contributed by atoms with Gasteiger partial charge in [-0.15, -0.1) is 0 Å². The summed E-state index contributed by atoms with van der Waals surface area (Å²) in [4.78, 5) is 14.1. The molecule has 4 heteroatoms. The van der Waals surface area contributed by atoms with Crippen LogP contribution < -0.4 is 10.2 Å². The van der Waals surface area contributed by atoms with Crippen LogP contribution in [-0.4, -0.2) is 30.8 Å². The molecule has 0 bridgehead atoms. The van der Waals surface area contributed by atoms with Gasteiger partial charge in [0.05, 0.1) is 0 Å². The van der Waals surface area contributed by atoms with Crippen LogP contribution >= 0.6 is 0 Å². The summed E-state index contributed by atoms with van der Waals surface area (Å²) in [5, 5.41) is 2.88. The van der Waals surface area contributed by atoms with E-state index in [1.807, 2.05) is 39.0 Å². The van der Waals surface area contributed by atoms with E-state index in [1.165, 1.54) is 5.69 Å². The fourth-order valence-corrected chi connectivity index (χ4v) is 2.52. The second-order valence-electron chi connectivity index (χ2n) is 6.21. The lowest BCUT2D eigenvalue weighted by molar-refractivity contribution is 0.0525. The van der Waals surface area contributed by atoms with Gasteiger partial charge < -0.3 is 15.0 Å². The summed E-state index contributed by atoms with van der Waals surface area (Å²) in [5.41, 5.74) is 0.778. The Labute approximate surface area is 121 Å². The van der Waals surface area contributed by atoms with E-state index in [0.29, 0.717) is 12.6 Å². The van der Waals surface area contributed by atoms with E-state index >= 15 is 0 Å². The highest BCUT2D eigenvalue weighted by Gasteiger charge is 2.25. The third-order valence-corrected chi connectivity index (χ3v) is 3.35. The summed E-state index contributed by atoms with van der Waals surface area (Å²) in [5.74, 6) is 0. The van der Waals surface area contributed by atoms with Crippen LogP contribution in [0.15, 0.2) is 30.3 Å². The minimum Gasteiger partial charge on any atom is -0.444 e. The average molecular weight is 276 g/mol. The number of carbonyl (C=O) groups is 1. The van der Waals surface area contributed by atoms with Gasteiger partial charge in [-0.05, 0) is 45.7 Å². The van der Waals surface area contributed by atoms with Crippen molar-refractivity contribution in [1.82, 2.24) is 5.32 Å². The monoisotopic (exact) mass is 276 g/mol. The third-order valence-electron chi connectivity index (χ3n) is 3.35. The minimum absolute atomic E-state index is 0.336. The molecule has 4 nitrogen and oxygen atoms in total. The molecule has 1 fully saturated rings. The summed E-state index contributed by atoms with van der Waals surface area (Å²) >= 11 is 0. The van der Waals surface area contributed by atoms with Crippen LogP contribution in [0.3, 0.4) is 0 Å². The smallest absolute Gasteiger partial charge is 0.407 e. The summed E-state index contributed by atoms with van der Waals surface area (Å²) in [7, 11) is 0. The van der Waals surface area contributed by atoms with Gasteiger partial charge in [-0.3, -0.25) is 0 Å². The number of amides is 1. The Bertz CT molecular complexity index is 440. The van der Waals surface area contributed by atoms with Gasteiger partial charge in [0.1, 0.15) is 5.60 Å². The maximum absolute atomic E-state index is 11.7. The van der Waals surface area contributed by atoms with E-state index in [9.17, 15) is 4.79 Å². The first-order valence-corrected chi connectivity index (χ1v) is 7.24. The molecule has 20 heavy (non-hydrogen) atoms. The van der Waals surface area contributed by atoms with E-state index < -0.39 is 5.60 Å². The van der Waals surface area contributed by atoms with Gasteiger partial charge in [-0.25, -0.2) is 4.79 Å². The molecule has 1 aromatic carbocycles. The summed E-state index contributed by atoms with van der Waals surface area (Å²) < 4.78 is 5.27. The summed E-state index contributed by atoms with van der Waals surface area (Å²) in [6, 6.07) is 10.7. The maximum Gasteiger partial charge on any atom is 0.407 e.